The predicted octanol–water partition coefficient (Wildman–Crippen LogP) is 0.827. The summed E-state index contributed by atoms with van der Waals surface area (Å²) in [6.45, 7) is 0.250. The zero-order chi connectivity index (χ0) is 9.80. The van der Waals surface area contributed by atoms with Gasteiger partial charge in [-0.2, -0.15) is 5.21 Å². The number of hydrogen-bond donors (Lipinski definition) is 1. The van der Waals surface area contributed by atoms with Gasteiger partial charge in [-0.3, -0.25) is 0 Å². The molecule has 2 rings (SSSR count). The molecule has 6 nitrogen and oxygen atoms in total. The maximum atomic E-state index is 5.61. The molecule has 0 saturated heterocycles. The van der Waals surface area contributed by atoms with Gasteiger partial charge in [0.05, 0.1) is 6.20 Å². The van der Waals surface area contributed by atoms with Gasteiger partial charge in [0.15, 0.2) is 6.61 Å². The van der Waals surface area contributed by atoms with E-state index < -0.39 is 0 Å². The number of pyridine rings is 1. The Balaban J connectivity index is 1.95. The zero-order valence-electron chi connectivity index (χ0n) is 7.01. The molecule has 2 aromatic heterocycles. The van der Waals surface area contributed by atoms with Gasteiger partial charge in [0.1, 0.15) is 10.9 Å². The molecular weight excluding hydrogens is 206 g/mol. The summed E-state index contributed by atoms with van der Waals surface area (Å²) >= 11 is 5.61. The molecule has 14 heavy (non-hydrogen) atoms. The summed E-state index contributed by atoms with van der Waals surface area (Å²) in [6.07, 6.45) is 1.53. The molecule has 0 radical (unpaired) electrons. The number of aromatic amines is 1. The Labute approximate surface area is 84.3 Å². The summed E-state index contributed by atoms with van der Waals surface area (Å²) in [5, 5.41) is 13.6. The minimum Gasteiger partial charge on any atom is -0.484 e. The Morgan fingerprint density at radius 1 is 1.43 bits per heavy atom. The first-order valence-electron chi connectivity index (χ1n) is 3.81. The van der Waals surface area contributed by atoms with Gasteiger partial charge in [-0.1, -0.05) is 16.8 Å². The lowest BCUT2D eigenvalue weighted by atomic mass is 10.5. The van der Waals surface area contributed by atoms with Crippen LogP contribution in [-0.2, 0) is 6.61 Å². The first kappa shape index (κ1) is 8.89. The Morgan fingerprint density at radius 2 is 2.36 bits per heavy atom. The van der Waals surface area contributed by atoms with Gasteiger partial charge >= 0.3 is 0 Å². The fraction of sp³-hybridized carbons (Fsp3) is 0.143. The fourth-order valence-corrected chi connectivity index (χ4v) is 0.951. The van der Waals surface area contributed by atoms with Gasteiger partial charge in [-0.05, 0) is 12.1 Å². The normalized spacial score (nSPS) is 10.1. The number of rotatable bonds is 3. The van der Waals surface area contributed by atoms with Gasteiger partial charge in [0, 0.05) is 0 Å². The summed E-state index contributed by atoms with van der Waals surface area (Å²) in [4.78, 5) is 3.86. The molecule has 0 fully saturated rings. The summed E-state index contributed by atoms with van der Waals surface area (Å²) in [7, 11) is 0. The molecule has 0 unspecified atom stereocenters. The minimum absolute atomic E-state index is 0.250. The van der Waals surface area contributed by atoms with Crippen molar-refractivity contribution in [2.75, 3.05) is 0 Å². The molecule has 0 aliphatic carbocycles. The van der Waals surface area contributed by atoms with Crippen LogP contribution in [0.3, 0.4) is 0 Å². The van der Waals surface area contributed by atoms with Crippen molar-refractivity contribution in [3.63, 3.8) is 0 Å². The Bertz CT molecular complexity index is 387. The van der Waals surface area contributed by atoms with Crippen LogP contribution in [-0.4, -0.2) is 25.6 Å². The van der Waals surface area contributed by atoms with Crippen molar-refractivity contribution < 1.29 is 4.74 Å². The molecule has 0 bridgehead atoms. The van der Waals surface area contributed by atoms with Gasteiger partial charge in [-0.15, -0.1) is 10.2 Å². The van der Waals surface area contributed by atoms with E-state index in [0.29, 0.717) is 16.7 Å². The smallest absolute Gasteiger partial charge is 0.211 e. The molecule has 0 aliphatic heterocycles. The monoisotopic (exact) mass is 211 g/mol. The van der Waals surface area contributed by atoms with Crippen molar-refractivity contribution in [1.29, 1.82) is 0 Å². The first-order valence-corrected chi connectivity index (χ1v) is 4.19. The van der Waals surface area contributed by atoms with E-state index in [4.69, 9.17) is 16.3 Å². The molecule has 0 spiro atoms. The minimum atomic E-state index is 0.250. The van der Waals surface area contributed by atoms with E-state index in [9.17, 15) is 0 Å². The molecule has 1 N–H and O–H groups in total. The van der Waals surface area contributed by atoms with Crippen LogP contribution in [0.5, 0.6) is 5.75 Å². The number of tetrazole rings is 1. The highest BCUT2D eigenvalue weighted by Crippen LogP contribution is 2.12. The average molecular weight is 212 g/mol. The molecule has 0 saturated carbocycles. The third-order valence-corrected chi connectivity index (χ3v) is 1.68. The molecule has 2 heterocycles. The molecule has 0 aromatic carbocycles. The lowest BCUT2D eigenvalue weighted by Gasteiger charge is -2.01. The lowest BCUT2D eigenvalue weighted by Crippen LogP contribution is -1.97. The van der Waals surface area contributed by atoms with E-state index in [2.05, 4.69) is 25.6 Å². The maximum absolute atomic E-state index is 5.61. The van der Waals surface area contributed by atoms with Crippen LogP contribution < -0.4 is 4.74 Å². The molecule has 0 aliphatic rings. The molecular formula is C7H6ClN5O. The highest BCUT2D eigenvalue weighted by atomic mass is 35.5. The Kier molecular flexibility index (Phi) is 2.55. The summed E-state index contributed by atoms with van der Waals surface area (Å²) < 4.78 is 5.30. The van der Waals surface area contributed by atoms with Crippen molar-refractivity contribution in [2.45, 2.75) is 6.61 Å². The van der Waals surface area contributed by atoms with E-state index >= 15 is 0 Å². The third kappa shape index (κ3) is 2.17. The second kappa shape index (κ2) is 4.01. The van der Waals surface area contributed by atoms with Crippen molar-refractivity contribution in [3.8, 4) is 5.75 Å². The van der Waals surface area contributed by atoms with Crippen molar-refractivity contribution >= 4 is 11.6 Å². The number of aromatic nitrogens is 5. The first-order chi connectivity index (χ1) is 6.84. The van der Waals surface area contributed by atoms with Crippen LogP contribution in [0.2, 0.25) is 5.15 Å². The lowest BCUT2D eigenvalue weighted by molar-refractivity contribution is 0.295. The number of nitrogens with one attached hydrogen (secondary N) is 1. The SMILES string of the molecule is Clc1ccc(OCc2nn[nH]n2)cn1. The van der Waals surface area contributed by atoms with E-state index in [1.54, 1.807) is 12.1 Å². The maximum Gasteiger partial charge on any atom is 0.211 e. The van der Waals surface area contributed by atoms with Gasteiger partial charge in [0.25, 0.3) is 0 Å². The van der Waals surface area contributed by atoms with Gasteiger partial charge in [0.2, 0.25) is 5.82 Å². The highest BCUT2D eigenvalue weighted by Gasteiger charge is 1.99. The molecule has 7 heteroatoms. The molecule has 0 atom stereocenters. The Hall–Kier alpha value is -1.69. The standard InChI is InChI=1S/C7H6ClN5O/c8-6-2-1-5(3-9-6)14-4-7-10-12-13-11-7/h1-3H,4H2,(H,10,11,12,13). The number of ether oxygens (including phenoxy) is 1. The van der Waals surface area contributed by atoms with Crippen molar-refractivity contribution in [1.82, 2.24) is 25.6 Å². The van der Waals surface area contributed by atoms with Crippen molar-refractivity contribution in [2.24, 2.45) is 0 Å². The average Bonchev–Trinajstić information content (AvgIpc) is 2.70. The third-order valence-electron chi connectivity index (χ3n) is 1.46. The van der Waals surface area contributed by atoms with Gasteiger partial charge in [-0.25, -0.2) is 4.98 Å². The summed E-state index contributed by atoms with van der Waals surface area (Å²) in [6, 6.07) is 3.36. The molecule has 72 valence electrons. The highest BCUT2D eigenvalue weighted by molar-refractivity contribution is 6.29. The van der Waals surface area contributed by atoms with E-state index in [-0.39, 0.29) is 6.61 Å². The number of nitrogens with zero attached hydrogens (tertiary/aromatic N) is 4. The second-order valence-electron chi connectivity index (χ2n) is 2.43. The number of H-pyrrole nitrogens is 1. The summed E-state index contributed by atoms with van der Waals surface area (Å²) in [5.74, 6) is 1.10. The van der Waals surface area contributed by atoms with E-state index in [0.717, 1.165) is 0 Å². The van der Waals surface area contributed by atoms with Crippen LogP contribution in [0.4, 0.5) is 0 Å². The zero-order valence-corrected chi connectivity index (χ0v) is 7.77. The van der Waals surface area contributed by atoms with Crippen LogP contribution in [0.1, 0.15) is 5.82 Å². The van der Waals surface area contributed by atoms with Gasteiger partial charge < -0.3 is 4.74 Å². The number of halogens is 1. The Morgan fingerprint density at radius 3 is 3.00 bits per heavy atom. The van der Waals surface area contributed by atoms with E-state index in [1.807, 2.05) is 0 Å². The summed E-state index contributed by atoms with van der Waals surface area (Å²) in [5.41, 5.74) is 0. The molecule has 0 amide bonds. The van der Waals surface area contributed by atoms with Crippen molar-refractivity contribution in [3.05, 3.63) is 29.3 Å². The molecule has 2 aromatic rings. The van der Waals surface area contributed by atoms with E-state index in [1.165, 1.54) is 6.20 Å². The largest absolute Gasteiger partial charge is 0.484 e. The second-order valence-corrected chi connectivity index (χ2v) is 2.82. The topological polar surface area (TPSA) is 76.6 Å². The van der Waals surface area contributed by atoms with Crippen LogP contribution >= 0.6 is 11.6 Å². The quantitative estimate of drug-likeness (QED) is 0.761. The predicted molar refractivity (Wildman–Crippen MR) is 47.8 cm³/mol. The van der Waals surface area contributed by atoms with Crippen LogP contribution in [0.25, 0.3) is 0 Å². The van der Waals surface area contributed by atoms with Crippen LogP contribution in [0.15, 0.2) is 18.3 Å². The van der Waals surface area contributed by atoms with Crippen LogP contribution in [0, 0.1) is 0 Å². The number of hydrogen-bond acceptors (Lipinski definition) is 5. The fourth-order valence-electron chi connectivity index (χ4n) is 0.839.